The van der Waals surface area contributed by atoms with Crippen LogP contribution in [0.2, 0.25) is 15.3 Å². The van der Waals surface area contributed by atoms with E-state index in [9.17, 15) is 0 Å². The number of pyridine rings is 1. The molecule has 0 radical (unpaired) electrons. The van der Waals surface area contributed by atoms with E-state index >= 15 is 0 Å². The second-order valence-electron chi connectivity index (χ2n) is 2.60. The number of rotatable bonds is 0. The molecule has 0 fully saturated rings. The van der Waals surface area contributed by atoms with E-state index in [1.54, 1.807) is 18.2 Å². The van der Waals surface area contributed by atoms with Crippen molar-refractivity contribution in [1.82, 2.24) is 4.98 Å². The van der Waals surface area contributed by atoms with E-state index in [2.05, 4.69) is 4.98 Å². The van der Waals surface area contributed by atoms with E-state index in [-0.39, 0.29) is 0 Å². The van der Waals surface area contributed by atoms with Gasteiger partial charge in [0.15, 0.2) is 0 Å². The SMILES string of the molecule is Clc1ccc2c(Cl)nc(Cl)cc2c1. The summed E-state index contributed by atoms with van der Waals surface area (Å²) in [5, 5.41) is 3.19. The van der Waals surface area contributed by atoms with Crippen LogP contribution in [0, 0.1) is 0 Å². The first-order valence-electron chi connectivity index (χ1n) is 3.58. The molecule has 0 saturated carbocycles. The van der Waals surface area contributed by atoms with Gasteiger partial charge >= 0.3 is 0 Å². The van der Waals surface area contributed by atoms with Gasteiger partial charge in [-0.05, 0) is 29.7 Å². The first kappa shape index (κ1) is 9.07. The van der Waals surface area contributed by atoms with Gasteiger partial charge in [0.1, 0.15) is 10.3 Å². The molecule has 1 aromatic carbocycles. The summed E-state index contributed by atoms with van der Waals surface area (Å²) in [6.45, 7) is 0. The van der Waals surface area contributed by atoms with Crippen molar-refractivity contribution in [2.75, 3.05) is 0 Å². The Labute approximate surface area is 90.2 Å². The van der Waals surface area contributed by atoms with Crippen LogP contribution in [0.15, 0.2) is 24.3 Å². The van der Waals surface area contributed by atoms with Gasteiger partial charge < -0.3 is 0 Å². The number of benzene rings is 1. The van der Waals surface area contributed by atoms with Crippen molar-refractivity contribution in [3.63, 3.8) is 0 Å². The van der Waals surface area contributed by atoms with Crippen molar-refractivity contribution < 1.29 is 0 Å². The number of aromatic nitrogens is 1. The average molecular weight is 232 g/mol. The summed E-state index contributed by atoms with van der Waals surface area (Å²) < 4.78 is 0. The Morgan fingerprint density at radius 3 is 2.54 bits per heavy atom. The lowest BCUT2D eigenvalue weighted by molar-refractivity contribution is 1.36. The van der Waals surface area contributed by atoms with E-state index in [0.29, 0.717) is 15.3 Å². The summed E-state index contributed by atoms with van der Waals surface area (Å²) in [4.78, 5) is 3.92. The smallest absolute Gasteiger partial charge is 0.138 e. The molecule has 0 atom stereocenters. The highest BCUT2D eigenvalue weighted by molar-refractivity contribution is 6.37. The standard InChI is InChI=1S/C9H4Cl3N/c10-6-1-2-7-5(3-6)4-8(11)13-9(7)12/h1-4H. The van der Waals surface area contributed by atoms with Gasteiger partial charge in [-0.2, -0.15) is 0 Å². The number of halogens is 3. The van der Waals surface area contributed by atoms with E-state index in [1.807, 2.05) is 6.07 Å². The van der Waals surface area contributed by atoms with E-state index in [4.69, 9.17) is 34.8 Å². The van der Waals surface area contributed by atoms with Gasteiger partial charge in [0.25, 0.3) is 0 Å². The molecule has 0 aliphatic rings. The lowest BCUT2D eigenvalue weighted by atomic mass is 10.2. The monoisotopic (exact) mass is 231 g/mol. The summed E-state index contributed by atoms with van der Waals surface area (Å²) in [5.74, 6) is 0. The molecule has 0 unspecified atom stereocenters. The topological polar surface area (TPSA) is 12.9 Å². The molecule has 0 amide bonds. The normalized spacial score (nSPS) is 10.7. The highest BCUT2D eigenvalue weighted by Gasteiger charge is 2.02. The van der Waals surface area contributed by atoms with Crippen molar-refractivity contribution in [1.29, 1.82) is 0 Å². The third kappa shape index (κ3) is 1.73. The molecule has 0 N–H and O–H groups in total. The Bertz CT molecular complexity index is 462. The van der Waals surface area contributed by atoms with Gasteiger partial charge in [-0.1, -0.05) is 34.8 Å². The average Bonchev–Trinajstić information content (AvgIpc) is 2.02. The molecule has 2 aromatic rings. The van der Waals surface area contributed by atoms with Gasteiger partial charge in [-0.25, -0.2) is 4.98 Å². The first-order chi connectivity index (χ1) is 6.16. The maximum Gasteiger partial charge on any atom is 0.138 e. The van der Waals surface area contributed by atoms with Crippen molar-refractivity contribution in [3.05, 3.63) is 39.6 Å². The summed E-state index contributed by atoms with van der Waals surface area (Å²) in [7, 11) is 0. The molecule has 0 bridgehead atoms. The Hall–Kier alpha value is -0.500. The molecule has 4 heteroatoms. The Kier molecular flexibility index (Phi) is 2.33. The van der Waals surface area contributed by atoms with Gasteiger partial charge in [0.05, 0.1) is 0 Å². The Morgan fingerprint density at radius 2 is 1.77 bits per heavy atom. The molecule has 13 heavy (non-hydrogen) atoms. The van der Waals surface area contributed by atoms with Crippen molar-refractivity contribution >= 4 is 45.6 Å². The fourth-order valence-electron chi connectivity index (χ4n) is 1.16. The molecular weight excluding hydrogens is 228 g/mol. The van der Waals surface area contributed by atoms with E-state index in [1.165, 1.54) is 0 Å². The minimum atomic E-state index is 0.375. The molecule has 2 rings (SSSR count). The van der Waals surface area contributed by atoms with Gasteiger partial charge in [-0.15, -0.1) is 0 Å². The second kappa shape index (κ2) is 3.33. The van der Waals surface area contributed by atoms with Crippen LogP contribution >= 0.6 is 34.8 Å². The minimum absolute atomic E-state index is 0.375. The second-order valence-corrected chi connectivity index (χ2v) is 3.78. The summed E-state index contributed by atoms with van der Waals surface area (Å²) in [5.41, 5.74) is 0. The van der Waals surface area contributed by atoms with Gasteiger partial charge in [-0.3, -0.25) is 0 Å². The lowest BCUT2D eigenvalue weighted by Crippen LogP contribution is -1.80. The van der Waals surface area contributed by atoms with Gasteiger partial charge in [0.2, 0.25) is 0 Å². The predicted molar refractivity (Wildman–Crippen MR) is 56.8 cm³/mol. The third-order valence-electron chi connectivity index (χ3n) is 1.72. The Morgan fingerprint density at radius 1 is 1.00 bits per heavy atom. The number of hydrogen-bond donors (Lipinski definition) is 0. The van der Waals surface area contributed by atoms with Crippen LogP contribution in [0.25, 0.3) is 10.8 Å². The molecule has 66 valence electrons. The van der Waals surface area contributed by atoms with Crippen LogP contribution in [-0.2, 0) is 0 Å². The zero-order valence-electron chi connectivity index (χ0n) is 6.39. The molecular formula is C9H4Cl3N. The highest BCUT2D eigenvalue weighted by atomic mass is 35.5. The van der Waals surface area contributed by atoms with E-state index in [0.717, 1.165) is 10.8 Å². The van der Waals surface area contributed by atoms with Crippen LogP contribution in [-0.4, -0.2) is 4.98 Å². The molecule has 1 nitrogen and oxygen atoms in total. The van der Waals surface area contributed by atoms with Crippen LogP contribution in [0.5, 0.6) is 0 Å². The zero-order valence-corrected chi connectivity index (χ0v) is 8.66. The fourth-order valence-corrected chi connectivity index (χ4v) is 1.84. The minimum Gasteiger partial charge on any atom is -0.224 e. The molecule has 0 saturated heterocycles. The quantitative estimate of drug-likeness (QED) is 0.621. The maximum absolute atomic E-state index is 5.88. The van der Waals surface area contributed by atoms with Gasteiger partial charge in [0, 0.05) is 10.4 Å². The van der Waals surface area contributed by atoms with Crippen molar-refractivity contribution in [2.45, 2.75) is 0 Å². The Balaban J connectivity index is 2.86. The molecule has 0 aliphatic heterocycles. The summed E-state index contributed by atoms with van der Waals surface area (Å²) >= 11 is 17.4. The van der Waals surface area contributed by atoms with Crippen molar-refractivity contribution in [3.8, 4) is 0 Å². The predicted octanol–water partition coefficient (Wildman–Crippen LogP) is 4.20. The maximum atomic E-state index is 5.88. The molecule has 1 heterocycles. The largest absolute Gasteiger partial charge is 0.224 e. The van der Waals surface area contributed by atoms with Crippen LogP contribution in [0.1, 0.15) is 0 Å². The number of fused-ring (bicyclic) bond motifs is 1. The number of nitrogens with zero attached hydrogens (tertiary/aromatic N) is 1. The molecule has 1 aromatic heterocycles. The molecule has 0 aliphatic carbocycles. The van der Waals surface area contributed by atoms with Crippen LogP contribution < -0.4 is 0 Å². The van der Waals surface area contributed by atoms with E-state index < -0.39 is 0 Å². The lowest BCUT2D eigenvalue weighted by Gasteiger charge is -2.00. The number of hydrogen-bond acceptors (Lipinski definition) is 1. The fraction of sp³-hybridized carbons (Fsp3) is 0. The highest BCUT2D eigenvalue weighted by Crippen LogP contribution is 2.26. The van der Waals surface area contributed by atoms with Crippen LogP contribution in [0.3, 0.4) is 0 Å². The summed E-state index contributed by atoms with van der Waals surface area (Å²) in [6, 6.07) is 7.12. The molecule has 0 spiro atoms. The van der Waals surface area contributed by atoms with Crippen molar-refractivity contribution in [2.24, 2.45) is 0 Å². The first-order valence-corrected chi connectivity index (χ1v) is 4.71. The third-order valence-corrected chi connectivity index (χ3v) is 2.43. The summed E-state index contributed by atoms with van der Waals surface area (Å²) in [6.07, 6.45) is 0. The zero-order chi connectivity index (χ0) is 9.42. The van der Waals surface area contributed by atoms with Crippen LogP contribution in [0.4, 0.5) is 0 Å².